The van der Waals surface area contributed by atoms with E-state index in [1.807, 2.05) is 12.3 Å². The molecule has 60 heavy (non-hydrogen) atoms. The predicted octanol–water partition coefficient (Wildman–Crippen LogP) is 13.8. The van der Waals surface area contributed by atoms with Crippen LogP contribution >= 0.6 is 0 Å². The summed E-state index contributed by atoms with van der Waals surface area (Å²) in [6, 6.07) is 55.3. The summed E-state index contributed by atoms with van der Waals surface area (Å²) in [6.07, 6.45) is 3.71. The number of aryl methyl sites for hydroxylation is 5. The molecule has 3 aromatic heterocycles. The monoisotopic (exact) mass is 777 g/mol. The lowest BCUT2D eigenvalue weighted by Crippen LogP contribution is -2.00. The molecule has 0 aliphatic heterocycles. The minimum Gasteiger partial charge on any atom is -0.457 e. The van der Waals surface area contributed by atoms with Gasteiger partial charge in [-0.2, -0.15) is 0 Å². The molecule has 0 radical (unpaired) electrons. The van der Waals surface area contributed by atoms with Crippen LogP contribution in [-0.2, 0) is 0 Å². The minimum atomic E-state index is 0.698. The van der Waals surface area contributed by atoms with Gasteiger partial charge in [-0.05, 0) is 139 Å². The molecule has 0 atom stereocenters. The Kier molecular flexibility index (Phi) is 9.18. The maximum absolute atomic E-state index is 6.94. The molecule has 0 saturated carbocycles. The first-order chi connectivity index (χ1) is 29.3. The SMILES string of the molecule is Cc1cc(C)c(-c2ccnc(-n3c4ccccc4c4ccc(Oc5cc(-c6c(C)cccc6C)cc(-c6nncn6-c6ccccc6-c6ccccc6)c5)cc43)c2)c(C)c1. The molecule has 3 heterocycles. The van der Waals surface area contributed by atoms with E-state index in [0.717, 1.165) is 67.0 Å². The number of hydrogen-bond donors (Lipinski definition) is 0. The van der Waals surface area contributed by atoms with Gasteiger partial charge in [-0.25, -0.2) is 4.98 Å². The van der Waals surface area contributed by atoms with E-state index in [0.29, 0.717) is 11.5 Å². The van der Waals surface area contributed by atoms with Crippen molar-refractivity contribution in [1.82, 2.24) is 24.3 Å². The van der Waals surface area contributed by atoms with Crippen LogP contribution in [0.4, 0.5) is 0 Å². The molecule has 7 aromatic carbocycles. The predicted molar refractivity (Wildman–Crippen MR) is 245 cm³/mol. The molecule has 0 aliphatic rings. The number of para-hydroxylation sites is 2. The first-order valence-electron chi connectivity index (χ1n) is 20.3. The number of aromatic nitrogens is 5. The van der Waals surface area contributed by atoms with E-state index >= 15 is 0 Å². The van der Waals surface area contributed by atoms with Crippen LogP contribution in [0.25, 0.3) is 78.1 Å². The second kappa shape index (κ2) is 15.0. The highest BCUT2D eigenvalue weighted by Crippen LogP contribution is 2.40. The Labute approximate surface area is 350 Å². The first-order valence-corrected chi connectivity index (χ1v) is 20.3. The van der Waals surface area contributed by atoms with Gasteiger partial charge >= 0.3 is 0 Å². The number of benzene rings is 7. The zero-order chi connectivity index (χ0) is 40.9. The molecule has 0 fully saturated rings. The van der Waals surface area contributed by atoms with Crippen LogP contribution in [0.3, 0.4) is 0 Å². The lowest BCUT2D eigenvalue weighted by Gasteiger charge is -2.16. The lowest BCUT2D eigenvalue weighted by molar-refractivity contribution is 0.483. The van der Waals surface area contributed by atoms with E-state index in [-0.39, 0.29) is 0 Å². The van der Waals surface area contributed by atoms with Crippen molar-refractivity contribution in [2.75, 3.05) is 0 Å². The second-order valence-electron chi connectivity index (χ2n) is 15.7. The second-order valence-corrected chi connectivity index (χ2v) is 15.7. The molecule has 0 amide bonds. The average Bonchev–Trinajstić information content (AvgIpc) is 3.87. The maximum atomic E-state index is 6.94. The Morgan fingerprint density at radius 3 is 2.00 bits per heavy atom. The number of ether oxygens (including phenoxy) is 1. The molecule has 10 rings (SSSR count). The van der Waals surface area contributed by atoms with Crippen LogP contribution in [0.5, 0.6) is 11.5 Å². The van der Waals surface area contributed by atoms with Crippen molar-refractivity contribution in [3.05, 3.63) is 198 Å². The van der Waals surface area contributed by atoms with Gasteiger partial charge in [0.1, 0.15) is 23.6 Å². The van der Waals surface area contributed by atoms with Gasteiger partial charge in [0.25, 0.3) is 0 Å². The van der Waals surface area contributed by atoms with Crippen molar-refractivity contribution in [3.63, 3.8) is 0 Å². The van der Waals surface area contributed by atoms with E-state index < -0.39 is 0 Å². The van der Waals surface area contributed by atoms with Crippen LogP contribution in [-0.4, -0.2) is 24.3 Å². The fraction of sp³-hybridized carbons (Fsp3) is 0.0926. The summed E-state index contributed by atoms with van der Waals surface area (Å²) in [7, 11) is 0. The minimum absolute atomic E-state index is 0.698. The average molecular weight is 778 g/mol. The normalized spacial score (nSPS) is 11.4. The topological polar surface area (TPSA) is 57.8 Å². The van der Waals surface area contributed by atoms with Gasteiger partial charge in [0.05, 0.1) is 16.7 Å². The third-order valence-corrected chi connectivity index (χ3v) is 11.6. The van der Waals surface area contributed by atoms with Gasteiger partial charge in [-0.3, -0.25) is 9.13 Å². The summed E-state index contributed by atoms with van der Waals surface area (Å²) < 4.78 is 11.3. The molecule has 10 aromatic rings. The van der Waals surface area contributed by atoms with Gasteiger partial charge < -0.3 is 4.74 Å². The molecular weight excluding hydrogens is 735 g/mol. The Bertz CT molecular complexity index is 3200. The number of fused-ring (bicyclic) bond motifs is 3. The largest absolute Gasteiger partial charge is 0.457 e. The summed E-state index contributed by atoms with van der Waals surface area (Å²) in [6.45, 7) is 10.8. The van der Waals surface area contributed by atoms with Crippen molar-refractivity contribution in [2.45, 2.75) is 34.6 Å². The molecule has 0 spiro atoms. The van der Waals surface area contributed by atoms with Gasteiger partial charge in [0.15, 0.2) is 5.82 Å². The van der Waals surface area contributed by atoms with E-state index in [4.69, 9.17) is 14.8 Å². The van der Waals surface area contributed by atoms with Crippen molar-refractivity contribution in [1.29, 1.82) is 0 Å². The van der Waals surface area contributed by atoms with Crippen LogP contribution in [0.2, 0.25) is 0 Å². The fourth-order valence-corrected chi connectivity index (χ4v) is 9.08. The van der Waals surface area contributed by atoms with Crippen LogP contribution in [0.15, 0.2) is 170 Å². The third-order valence-electron chi connectivity index (χ3n) is 11.6. The highest BCUT2D eigenvalue weighted by molar-refractivity contribution is 6.09. The first kappa shape index (κ1) is 36.7. The quantitative estimate of drug-likeness (QED) is 0.154. The van der Waals surface area contributed by atoms with Crippen LogP contribution in [0.1, 0.15) is 27.8 Å². The highest BCUT2D eigenvalue weighted by Gasteiger charge is 2.19. The van der Waals surface area contributed by atoms with Gasteiger partial charge in [-0.1, -0.05) is 103 Å². The fourth-order valence-electron chi connectivity index (χ4n) is 9.08. The molecular formula is C54H43N5O. The lowest BCUT2D eigenvalue weighted by atomic mass is 9.94. The number of rotatable bonds is 8. The standard InChI is InChI=1S/C54H43N5O/c1-34-26-37(4)53(38(5)27-34)40-24-25-55-51(31-40)59-49-21-12-10-19-46(49)47-23-22-43(32-50(47)59)60-44-29-41(52-35(2)14-13-15-36(52)3)28-42(30-44)54-57-56-33-58(54)48-20-11-9-18-45(48)39-16-7-6-8-17-39/h6-33H,1-5H3. The zero-order valence-corrected chi connectivity index (χ0v) is 34.3. The molecule has 0 bridgehead atoms. The third kappa shape index (κ3) is 6.52. The highest BCUT2D eigenvalue weighted by atomic mass is 16.5. The van der Waals surface area contributed by atoms with E-state index in [1.165, 1.54) is 38.9 Å². The van der Waals surface area contributed by atoms with Crippen molar-refractivity contribution < 1.29 is 4.74 Å². The Hall–Kier alpha value is -7.57. The van der Waals surface area contributed by atoms with Gasteiger partial charge in [0.2, 0.25) is 0 Å². The summed E-state index contributed by atoms with van der Waals surface area (Å²) in [4.78, 5) is 4.97. The van der Waals surface area contributed by atoms with Crippen LogP contribution in [0, 0.1) is 34.6 Å². The number of nitrogens with zero attached hydrogens (tertiary/aromatic N) is 5. The number of pyridine rings is 1. The van der Waals surface area contributed by atoms with Crippen molar-refractivity contribution >= 4 is 21.8 Å². The van der Waals surface area contributed by atoms with Gasteiger partial charge in [-0.15, -0.1) is 10.2 Å². The zero-order valence-electron chi connectivity index (χ0n) is 34.3. The Balaban J connectivity index is 1.12. The Morgan fingerprint density at radius 2 is 1.18 bits per heavy atom. The van der Waals surface area contributed by atoms with Crippen molar-refractivity contribution in [3.8, 4) is 67.8 Å². The van der Waals surface area contributed by atoms with Crippen molar-refractivity contribution in [2.24, 2.45) is 0 Å². The van der Waals surface area contributed by atoms with E-state index in [9.17, 15) is 0 Å². The maximum Gasteiger partial charge on any atom is 0.168 e. The van der Waals surface area contributed by atoms with E-state index in [2.05, 4.69) is 201 Å². The summed E-state index contributed by atoms with van der Waals surface area (Å²) in [5, 5.41) is 11.5. The smallest absolute Gasteiger partial charge is 0.168 e. The summed E-state index contributed by atoms with van der Waals surface area (Å²) in [5.41, 5.74) is 16.9. The molecule has 290 valence electrons. The molecule has 6 heteroatoms. The summed E-state index contributed by atoms with van der Waals surface area (Å²) >= 11 is 0. The molecule has 0 saturated heterocycles. The molecule has 6 nitrogen and oxygen atoms in total. The molecule has 0 N–H and O–H groups in total. The van der Waals surface area contributed by atoms with E-state index in [1.54, 1.807) is 6.33 Å². The molecule has 0 aliphatic carbocycles. The number of hydrogen-bond acceptors (Lipinski definition) is 4. The van der Waals surface area contributed by atoms with Gasteiger partial charge in [0, 0.05) is 34.2 Å². The summed E-state index contributed by atoms with van der Waals surface area (Å²) in [5.74, 6) is 2.98. The Morgan fingerprint density at radius 1 is 0.483 bits per heavy atom. The molecule has 0 unspecified atom stereocenters. The van der Waals surface area contributed by atoms with Crippen LogP contribution < -0.4 is 4.74 Å².